The predicted octanol–water partition coefficient (Wildman–Crippen LogP) is 0.554. The first-order chi connectivity index (χ1) is 7.02. The van der Waals surface area contributed by atoms with Crippen LogP contribution in [-0.2, 0) is 4.79 Å². The third-order valence-corrected chi connectivity index (χ3v) is 4.03. The van der Waals surface area contributed by atoms with Crippen molar-refractivity contribution in [2.24, 2.45) is 11.8 Å². The molecular weight excluding hydrogens is 194 g/mol. The van der Waals surface area contributed by atoms with E-state index in [2.05, 4.69) is 0 Å². The maximum absolute atomic E-state index is 10.6. The lowest BCUT2D eigenvalue weighted by Crippen LogP contribution is -2.48. The first-order valence-corrected chi connectivity index (χ1v) is 5.69. The van der Waals surface area contributed by atoms with Gasteiger partial charge in [-0.15, -0.1) is 0 Å². The van der Waals surface area contributed by atoms with Crippen molar-refractivity contribution in [1.82, 2.24) is 4.90 Å². The van der Waals surface area contributed by atoms with Crippen LogP contribution in [-0.4, -0.2) is 46.3 Å². The Morgan fingerprint density at radius 3 is 2.67 bits per heavy atom. The molecule has 4 nitrogen and oxygen atoms in total. The van der Waals surface area contributed by atoms with E-state index in [0.29, 0.717) is 19.0 Å². The van der Waals surface area contributed by atoms with Crippen LogP contribution >= 0.6 is 0 Å². The molecule has 1 aliphatic heterocycles. The summed E-state index contributed by atoms with van der Waals surface area (Å²) in [6.45, 7) is 3.32. The standard InChI is InChI=1S/C11H19NO3/c1-8-5-12(6-10(13)14)7-11(8,15)9-3-2-4-9/h8-9,15H,2-7H2,1H3,(H,13,14)/t8-,11+/m1/s1. The lowest BCUT2D eigenvalue weighted by Gasteiger charge is -2.41. The maximum atomic E-state index is 10.6. The summed E-state index contributed by atoms with van der Waals surface area (Å²) >= 11 is 0. The van der Waals surface area contributed by atoms with Crippen LogP contribution in [0.15, 0.2) is 0 Å². The zero-order chi connectivity index (χ0) is 11.1. The minimum absolute atomic E-state index is 0.0549. The molecule has 2 rings (SSSR count). The molecule has 15 heavy (non-hydrogen) atoms. The van der Waals surface area contributed by atoms with Gasteiger partial charge in [-0.1, -0.05) is 13.3 Å². The highest BCUT2D eigenvalue weighted by molar-refractivity contribution is 5.69. The fraction of sp³-hybridized carbons (Fsp3) is 0.909. The third-order valence-electron chi connectivity index (χ3n) is 4.03. The van der Waals surface area contributed by atoms with Gasteiger partial charge in [-0.05, 0) is 24.7 Å². The van der Waals surface area contributed by atoms with Crippen molar-refractivity contribution in [2.75, 3.05) is 19.6 Å². The maximum Gasteiger partial charge on any atom is 0.317 e. The molecule has 0 radical (unpaired) electrons. The van der Waals surface area contributed by atoms with Gasteiger partial charge in [0.1, 0.15) is 0 Å². The molecule has 0 aromatic heterocycles. The molecule has 0 bridgehead atoms. The minimum Gasteiger partial charge on any atom is -0.480 e. The van der Waals surface area contributed by atoms with Crippen LogP contribution in [0.4, 0.5) is 0 Å². The van der Waals surface area contributed by atoms with E-state index < -0.39 is 11.6 Å². The summed E-state index contributed by atoms with van der Waals surface area (Å²) in [5.41, 5.74) is -0.631. The molecule has 0 amide bonds. The van der Waals surface area contributed by atoms with Crippen LogP contribution in [0.3, 0.4) is 0 Å². The van der Waals surface area contributed by atoms with Crippen molar-refractivity contribution in [3.63, 3.8) is 0 Å². The van der Waals surface area contributed by atoms with Gasteiger partial charge in [0, 0.05) is 13.1 Å². The lowest BCUT2D eigenvalue weighted by atomic mass is 9.69. The van der Waals surface area contributed by atoms with Crippen molar-refractivity contribution in [3.05, 3.63) is 0 Å². The number of rotatable bonds is 3. The third kappa shape index (κ3) is 1.88. The van der Waals surface area contributed by atoms with E-state index >= 15 is 0 Å². The van der Waals surface area contributed by atoms with Gasteiger partial charge >= 0.3 is 5.97 Å². The minimum atomic E-state index is -0.806. The molecule has 2 aliphatic rings. The van der Waals surface area contributed by atoms with Crippen LogP contribution in [0, 0.1) is 11.8 Å². The van der Waals surface area contributed by atoms with Gasteiger partial charge in [0.25, 0.3) is 0 Å². The largest absolute Gasteiger partial charge is 0.480 e. The molecule has 0 aromatic carbocycles. The predicted molar refractivity (Wildman–Crippen MR) is 55.5 cm³/mol. The fourth-order valence-corrected chi connectivity index (χ4v) is 2.88. The number of carboxylic acid groups (broad SMARTS) is 1. The highest BCUT2D eigenvalue weighted by atomic mass is 16.4. The van der Waals surface area contributed by atoms with Gasteiger partial charge < -0.3 is 10.2 Å². The average Bonchev–Trinajstić information content (AvgIpc) is 2.21. The molecule has 4 heteroatoms. The summed E-state index contributed by atoms with van der Waals surface area (Å²) in [6.07, 6.45) is 3.40. The van der Waals surface area contributed by atoms with E-state index in [1.807, 2.05) is 11.8 Å². The Morgan fingerprint density at radius 2 is 2.20 bits per heavy atom. The normalized spacial score (nSPS) is 37.9. The smallest absolute Gasteiger partial charge is 0.317 e. The molecule has 0 spiro atoms. The zero-order valence-corrected chi connectivity index (χ0v) is 9.15. The average molecular weight is 213 g/mol. The summed E-state index contributed by atoms with van der Waals surface area (Å²) in [5.74, 6) is -0.214. The van der Waals surface area contributed by atoms with Crippen molar-refractivity contribution < 1.29 is 15.0 Å². The van der Waals surface area contributed by atoms with Crippen molar-refractivity contribution in [2.45, 2.75) is 31.8 Å². The van der Waals surface area contributed by atoms with E-state index in [-0.39, 0.29) is 12.5 Å². The monoisotopic (exact) mass is 213 g/mol. The van der Waals surface area contributed by atoms with Crippen LogP contribution in [0.5, 0.6) is 0 Å². The first kappa shape index (κ1) is 10.9. The number of hydrogen-bond acceptors (Lipinski definition) is 3. The van der Waals surface area contributed by atoms with Gasteiger partial charge in [-0.2, -0.15) is 0 Å². The second-order valence-electron chi connectivity index (χ2n) is 5.08. The lowest BCUT2D eigenvalue weighted by molar-refractivity contribution is -0.138. The van der Waals surface area contributed by atoms with E-state index in [1.165, 1.54) is 6.42 Å². The van der Waals surface area contributed by atoms with Crippen LogP contribution < -0.4 is 0 Å². The highest BCUT2D eigenvalue weighted by Crippen LogP contribution is 2.43. The molecular formula is C11H19NO3. The molecule has 1 saturated carbocycles. The van der Waals surface area contributed by atoms with Gasteiger partial charge in [0.15, 0.2) is 0 Å². The van der Waals surface area contributed by atoms with E-state index in [9.17, 15) is 9.90 Å². The second-order valence-corrected chi connectivity index (χ2v) is 5.08. The zero-order valence-electron chi connectivity index (χ0n) is 9.15. The van der Waals surface area contributed by atoms with Gasteiger partial charge in [-0.3, -0.25) is 9.69 Å². The van der Waals surface area contributed by atoms with Crippen molar-refractivity contribution in [1.29, 1.82) is 0 Å². The number of aliphatic carboxylic acids is 1. The number of carbonyl (C=O) groups is 1. The van der Waals surface area contributed by atoms with Crippen LogP contribution in [0.25, 0.3) is 0 Å². The summed E-state index contributed by atoms with van der Waals surface area (Å²) in [4.78, 5) is 12.5. The van der Waals surface area contributed by atoms with E-state index in [1.54, 1.807) is 0 Å². The Balaban J connectivity index is 1.99. The Labute approximate surface area is 89.9 Å². The molecule has 86 valence electrons. The summed E-state index contributed by atoms with van der Waals surface area (Å²) in [6, 6.07) is 0. The second kappa shape index (κ2) is 3.76. The molecule has 1 aliphatic carbocycles. The summed E-state index contributed by atoms with van der Waals surface area (Å²) < 4.78 is 0. The molecule has 2 atom stereocenters. The summed E-state index contributed by atoms with van der Waals surface area (Å²) in [7, 11) is 0. The van der Waals surface area contributed by atoms with Crippen LogP contribution in [0.2, 0.25) is 0 Å². The molecule has 2 N–H and O–H groups in total. The molecule has 1 saturated heterocycles. The SMILES string of the molecule is C[C@@H]1CN(CC(=O)O)C[C@@]1(O)C1CCC1. The van der Waals surface area contributed by atoms with Gasteiger partial charge in [-0.25, -0.2) is 0 Å². The van der Waals surface area contributed by atoms with Crippen molar-refractivity contribution in [3.8, 4) is 0 Å². The quantitative estimate of drug-likeness (QED) is 0.719. The number of nitrogens with zero attached hydrogens (tertiary/aromatic N) is 1. The number of aliphatic hydroxyl groups is 1. The number of likely N-dealkylation sites (tertiary alicyclic amines) is 1. The summed E-state index contributed by atoms with van der Waals surface area (Å²) in [5, 5.41) is 19.2. The number of β-amino-alcohol motifs (C(OH)–C–C–N with tert-alkyl or cyclic N) is 1. The first-order valence-electron chi connectivity index (χ1n) is 5.69. The Morgan fingerprint density at radius 1 is 1.53 bits per heavy atom. The molecule has 2 fully saturated rings. The van der Waals surface area contributed by atoms with E-state index in [0.717, 1.165) is 12.8 Å². The molecule has 0 unspecified atom stereocenters. The Hall–Kier alpha value is -0.610. The number of carboxylic acids is 1. The van der Waals surface area contributed by atoms with Gasteiger partial charge in [0.05, 0.1) is 12.1 Å². The van der Waals surface area contributed by atoms with E-state index in [4.69, 9.17) is 5.11 Å². The molecule has 1 heterocycles. The Kier molecular flexibility index (Phi) is 2.73. The topological polar surface area (TPSA) is 60.8 Å². The Bertz CT molecular complexity index is 265. The highest BCUT2D eigenvalue weighted by Gasteiger charge is 2.49. The number of hydrogen-bond donors (Lipinski definition) is 2. The van der Waals surface area contributed by atoms with Crippen LogP contribution in [0.1, 0.15) is 26.2 Å². The van der Waals surface area contributed by atoms with Crippen molar-refractivity contribution >= 4 is 5.97 Å². The van der Waals surface area contributed by atoms with Gasteiger partial charge in [0.2, 0.25) is 0 Å². The fourth-order valence-electron chi connectivity index (χ4n) is 2.88. The molecule has 0 aromatic rings.